The van der Waals surface area contributed by atoms with Gasteiger partial charge in [-0.2, -0.15) is 0 Å². The Morgan fingerprint density at radius 2 is 1.65 bits per heavy atom. The molecule has 0 heterocycles. The first-order chi connectivity index (χ1) is 16.4. The van der Waals surface area contributed by atoms with Crippen LogP contribution in [0.2, 0.25) is 10.0 Å². The summed E-state index contributed by atoms with van der Waals surface area (Å²) in [6, 6.07) is 20.8. The van der Waals surface area contributed by atoms with Crippen LogP contribution in [0.25, 0.3) is 0 Å². The Bertz CT molecular complexity index is 1120. The van der Waals surface area contributed by atoms with Crippen molar-refractivity contribution in [2.45, 2.75) is 19.0 Å². The summed E-state index contributed by atoms with van der Waals surface area (Å²) >= 11 is 12.4. The van der Waals surface area contributed by atoms with E-state index in [9.17, 15) is 9.59 Å². The van der Waals surface area contributed by atoms with Crippen molar-refractivity contribution in [3.8, 4) is 11.5 Å². The molecule has 0 aliphatic carbocycles. The topological polar surface area (TPSA) is 67.9 Å². The Morgan fingerprint density at radius 3 is 2.29 bits per heavy atom. The number of benzene rings is 3. The Hall–Kier alpha value is -3.22. The summed E-state index contributed by atoms with van der Waals surface area (Å²) in [7, 11) is 3.07. The number of rotatable bonds is 10. The van der Waals surface area contributed by atoms with Crippen molar-refractivity contribution in [1.29, 1.82) is 0 Å². The lowest BCUT2D eigenvalue weighted by Gasteiger charge is -2.31. The van der Waals surface area contributed by atoms with E-state index in [0.29, 0.717) is 33.5 Å². The zero-order valence-corrected chi connectivity index (χ0v) is 20.5. The molecule has 178 valence electrons. The molecule has 0 aromatic heterocycles. The zero-order chi connectivity index (χ0) is 24.5. The molecule has 3 rings (SSSR count). The number of nitrogens with one attached hydrogen (secondary N) is 1. The Kier molecular flexibility index (Phi) is 9.19. The highest BCUT2D eigenvalue weighted by Crippen LogP contribution is 2.27. The van der Waals surface area contributed by atoms with E-state index in [1.165, 1.54) is 12.0 Å². The molecule has 3 aromatic carbocycles. The highest BCUT2D eigenvalue weighted by molar-refractivity contribution is 6.35. The van der Waals surface area contributed by atoms with E-state index in [1.807, 2.05) is 36.4 Å². The third kappa shape index (κ3) is 6.65. The number of amides is 2. The smallest absolute Gasteiger partial charge is 0.261 e. The fourth-order valence-electron chi connectivity index (χ4n) is 3.51. The van der Waals surface area contributed by atoms with E-state index in [0.717, 1.165) is 5.56 Å². The number of hydrogen-bond acceptors (Lipinski definition) is 4. The lowest BCUT2D eigenvalue weighted by Crippen LogP contribution is -2.51. The second-order valence-electron chi connectivity index (χ2n) is 7.52. The van der Waals surface area contributed by atoms with Gasteiger partial charge in [0.05, 0.1) is 7.11 Å². The summed E-state index contributed by atoms with van der Waals surface area (Å²) in [5, 5.41) is 3.57. The van der Waals surface area contributed by atoms with Crippen molar-refractivity contribution < 1.29 is 19.1 Å². The summed E-state index contributed by atoms with van der Waals surface area (Å²) in [5.74, 6) is 0.276. The maximum atomic E-state index is 13.5. The number of methoxy groups -OCH3 is 1. The molecule has 0 saturated heterocycles. The molecule has 0 unspecified atom stereocenters. The number of para-hydroxylation sites is 2. The van der Waals surface area contributed by atoms with Crippen LogP contribution < -0.4 is 14.8 Å². The third-order valence-electron chi connectivity index (χ3n) is 5.29. The van der Waals surface area contributed by atoms with Crippen LogP contribution in [-0.2, 0) is 22.6 Å². The second-order valence-corrected chi connectivity index (χ2v) is 8.36. The molecule has 1 atom stereocenters. The monoisotopic (exact) mass is 500 g/mol. The quantitative estimate of drug-likeness (QED) is 0.435. The maximum absolute atomic E-state index is 13.5. The number of ether oxygens (including phenoxy) is 2. The van der Waals surface area contributed by atoms with Crippen molar-refractivity contribution in [3.05, 3.63) is 94.0 Å². The Balaban J connectivity index is 1.91. The molecular formula is C26H26Cl2N2O4. The molecule has 2 amide bonds. The van der Waals surface area contributed by atoms with Gasteiger partial charge in [-0.15, -0.1) is 0 Å². The molecule has 34 heavy (non-hydrogen) atoms. The molecule has 0 spiro atoms. The largest absolute Gasteiger partial charge is 0.493 e. The van der Waals surface area contributed by atoms with Gasteiger partial charge in [0.1, 0.15) is 6.04 Å². The van der Waals surface area contributed by atoms with E-state index in [1.54, 1.807) is 43.4 Å². The van der Waals surface area contributed by atoms with Gasteiger partial charge in [0.2, 0.25) is 5.91 Å². The van der Waals surface area contributed by atoms with Gasteiger partial charge in [-0.05, 0) is 35.4 Å². The van der Waals surface area contributed by atoms with Crippen LogP contribution in [0.4, 0.5) is 0 Å². The number of nitrogens with zero attached hydrogens (tertiary/aromatic N) is 1. The lowest BCUT2D eigenvalue weighted by molar-refractivity contribution is -0.142. The number of carbonyl (C=O) groups is 2. The minimum absolute atomic E-state index is 0.106. The van der Waals surface area contributed by atoms with Gasteiger partial charge in [-0.3, -0.25) is 9.59 Å². The van der Waals surface area contributed by atoms with Crippen molar-refractivity contribution in [3.63, 3.8) is 0 Å². The molecule has 0 aliphatic rings. The predicted octanol–water partition coefficient (Wildman–Crippen LogP) is 4.77. The maximum Gasteiger partial charge on any atom is 0.261 e. The van der Waals surface area contributed by atoms with E-state index in [-0.39, 0.29) is 25.0 Å². The number of carbonyl (C=O) groups excluding carboxylic acids is 2. The van der Waals surface area contributed by atoms with Crippen molar-refractivity contribution in [2.75, 3.05) is 20.8 Å². The summed E-state index contributed by atoms with van der Waals surface area (Å²) in [5.41, 5.74) is 1.58. The molecule has 0 bridgehead atoms. The number of halogens is 2. The normalized spacial score (nSPS) is 11.4. The molecule has 8 heteroatoms. The van der Waals surface area contributed by atoms with E-state index < -0.39 is 6.04 Å². The number of likely N-dealkylation sites (N-methyl/N-ethyl adjacent to an activating group) is 1. The first kappa shape index (κ1) is 25.4. The molecule has 3 aromatic rings. The van der Waals surface area contributed by atoms with Gasteiger partial charge in [0.25, 0.3) is 5.91 Å². The third-order valence-corrected chi connectivity index (χ3v) is 5.88. The van der Waals surface area contributed by atoms with Crippen LogP contribution in [0.3, 0.4) is 0 Å². The molecule has 0 fully saturated rings. The summed E-state index contributed by atoms with van der Waals surface area (Å²) in [6.45, 7) is -0.178. The summed E-state index contributed by atoms with van der Waals surface area (Å²) < 4.78 is 11.1. The van der Waals surface area contributed by atoms with Gasteiger partial charge in [0.15, 0.2) is 18.1 Å². The second kappa shape index (κ2) is 12.3. The van der Waals surface area contributed by atoms with Gasteiger partial charge in [-0.25, -0.2) is 0 Å². The van der Waals surface area contributed by atoms with Crippen LogP contribution in [0.5, 0.6) is 11.5 Å². The predicted molar refractivity (Wildman–Crippen MR) is 134 cm³/mol. The van der Waals surface area contributed by atoms with E-state index in [2.05, 4.69) is 5.32 Å². The van der Waals surface area contributed by atoms with Crippen molar-refractivity contribution in [1.82, 2.24) is 10.2 Å². The first-order valence-corrected chi connectivity index (χ1v) is 11.4. The Labute approximate surface area is 209 Å². The highest BCUT2D eigenvalue weighted by Gasteiger charge is 2.30. The van der Waals surface area contributed by atoms with Crippen molar-refractivity contribution in [2.24, 2.45) is 0 Å². The lowest BCUT2D eigenvalue weighted by atomic mass is 10.0. The zero-order valence-electron chi connectivity index (χ0n) is 19.0. The molecule has 6 nitrogen and oxygen atoms in total. The van der Waals surface area contributed by atoms with Gasteiger partial charge in [0, 0.05) is 30.1 Å². The molecule has 0 radical (unpaired) electrons. The van der Waals surface area contributed by atoms with E-state index >= 15 is 0 Å². The summed E-state index contributed by atoms with van der Waals surface area (Å²) in [6.07, 6.45) is 0.326. The SMILES string of the molecule is CNC(=O)[C@H](Cc1ccccc1)N(Cc1ccc(Cl)cc1Cl)C(=O)COc1ccccc1OC. The van der Waals surface area contributed by atoms with E-state index in [4.69, 9.17) is 32.7 Å². The average Bonchev–Trinajstić information content (AvgIpc) is 2.86. The minimum Gasteiger partial charge on any atom is -0.493 e. The van der Waals surface area contributed by atoms with Gasteiger partial charge >= 0.3 is 0 Å². The fraction of sp³-hybridized carbons (Fsp3) is 0.231. The first-order valence-electron chi connectivity index (χ1n) is 10.7. The van der Waals surface area contributed by atoms with Crippen LogP contribution in [-0.4, -0.2) is 43.5 Å². The van der Waals surface area contributed by atoms with Gasteiger partial charge in [-0.1, -0.05) is 71.7 Å². The standard InChI is InChI=1S/C26H26Cl2N2O4/c1-29-26(32)22(14-18-8-4-3-5-9-18)30(16-19-12-13-20(27)15-21(19)28)25(31)17-34-24-11-7-6-10-23(24)33-2/h3-13,15,22H,14,16-17H2,1-2H3,(H,29,32)/t22-/m0/s1. The van der Waals surface area contributed by atoms with Gasteiger partial charge < -0.3 is 19.7 Å². The van der Waals surface area contributed by atoms with Crippen LogP contribution in [0.1, 0.15) is 11.1 Å². The molecule has 0 aliphatic heterocycles. The van der Waals surface area contributed by atoms with Crippen LogP contribution in [0.15, 0.2) is 72.8 Å². The average molecular weight is 501 g/mol. The minimum atomic E-state index is -0.784. The fourth-order valence-corrected chi connectivity index (χ4v) is 3.98. The molecule has 0 saturated carbocycles. The van der Waals surface area contributed by atoms with Crippen LogP contribution in [0, 0.1) is 0 Å². The molecule has 1 N–H and O–H groups in total. The molecular weight excluding hydrogens is 475 g/mol. The summed E-state index contributed by atoms with van der Waals surface area (Å²) in [4.78, 5) is 27.9. The number of hydrogen-bond donors (Lipinski definition) is 1. The highest BCUT2D eigenvalue weighted by atomic mass is 35.5. The van der Waals surface area contributed by atoms with Crippen LogP contribution >= 0.6 is 23.2 Å². The van der Waals surface area contributed by atoms with Crippen molar-refractivity contribution >= 4 is 35.0 Å². The Morgan fingerprint density at radius 1 is 0.971 bits per heavy atom.